The van der Waals surface area contributed by atoms with Crippen molar-refractivity contribution in [2.45, 2.75) is 19.4 Å². The molecule has 0 aromatic carbocycles. The molecule has 0 radical (unpaired) electrons. The topological polar surface area (TPSA) is 55.9 Å². The highest BCUT2D eigenvalue weighted by molar-refractivity contribution is 7.10. The van der Waals surface area contributed by atoms with Crippen molar-refractivity contribution in [1.82, 2.24) is 20.0 Å². The summed E-state index contributed by atoms with van der Waals surface area (Å²) in [6.45, 7) is 4.80. The van der Waals surface area contributed by atoms with Crippen molar-refractivity contribution in [2.24, 2.45) is 0 Å². The number of carbonyl (C=O) groups is 2. The average Bonchev–Trinajstić information content (AvgIpc) is 2.89. The smallest absolute Gasteiger partial charge is 0.317 e. The second kappa shape index (κ2) is 8.31. The van der Waals surface area contributed by atoms with Crippen molar-refractivity contribution < 1.29 is 9.59 Å². The first kappa shape index (κ1) is 17.7. The van der Waals surface area contributed by atoms with E-state index in [0.717, 1.165) is 13.0 Å². The van der Waals surface area contributed by atoms with Crippen molar-refractivity contribution in [1.29, 1.82) is 0 Å². The van der Waals surface area contributed by atoms with E-state index in [2.05, 4.69) is 21.7 Å². The summed E-state index contributed by atoms with van der Waals surface area (Å²) >= 11 is 1.70. The number of hydrogen-bond acceptors (Lipinski definition) is 4. The van der Waals surface area contributed by atoms with Crippen molar-refractivity contribution in [2.75, 3.05) is 46.8 Å². The molecule has 3 amide bonds. The van der Waals surface area contributed by atoms with Gasteiger partial charge in [-0.2, -0.15) is 0 Å². The number of amides is 3. The van der Waals surface area contributed by atoms with Gasteiger partial charge in [-0.15, -0.1) is 11.3 Å². The summed E-state index contributed by atoms with van der Waals surface area (Å²) in [6.07, 6.45) is 0.828. The molecular formula is C16H26N4O2S. The molecule has 0 aliphatic carbocycles. The number of urea groups is 1. The van der Waals surface area contributed by atoms with E-state index in [4.69, 9.17) is 0 Å². The lowest BCUT2D eigenvalue weighted by molar-refractivity contribution is -0.128. The molecule has 1 aliphatic rings. The first-order valence-corrected chi connectivity index (χ1v) is 8.85. The molecule has 2 heterocycles. The summed E-state index contributed by atoms with van der Waals surface area (Å²) in [7, 11) is 4.04. The Morgan fingerprint density at radius 2 is 1.96 bits per heavy atom. The van der Waals surface area contributed by atoms with Crippen LogP contribution in [0.4, 0.5) is 4.79 Å². The Morgan fingerprint density at radius 1 is 1.26 bits per heavy atom. The predicted octanol–water partition coefficient (Wildman–Crippen LogP) is 1.61. The number of nitrogens with one attached hydrogen (secondary N) is 1. The van der Waals surface area contributed by atoms with E-state index < -0.39 is 0 Å². The van der Waals surface area contributed by atoms with Crippen LogP contribution in [0.2, 0.25) is 0 Å². The van der Waals surface area contributed by atoms with Gasteiger partial charge in [0, 0.05) is 44.5 Å². The lowest BCUT2D eigenvalue weighted by Crippen LogP contribution is -2.44. The maximum absolute atomic E-state index is 12.4. The third-order valence-electron chi connectivity index (χ3n) is 4.17. The molecule has 2 rings (SSSR count). The molecular weight excluding hydrogens is 312 g/mol. The lowest BCUT2D eigenvalue weighted by Gasteiger charge is -2.26. The van der Waals surface area contributed by atoms with Crippen LogP contribution < -0.4 is 5.32 Å². The summed E-state index contributed by atoms with van der Waals surface area (Å²) in [6, 6.07) is 4.26. The van der Waals surface area contributed by atoms with Gasteiger partial charge in [-0.05, 0) is 32.0 Å². The molecule has 7 heteroatoms. The Bertz CT molecular complexity index is 518. The summed E-state index contributed by atoms with van der Waals surface area (Å²) in [4.78, 5) is 30.9. The first-order chi connectivity index (χ1) is 11.0. The van der Waals surface area contributed by atoms with E-state index in [1.54, 1.807) is 18.3 Å². The van der Waals surface area contributed by atoms with E-state index in [0.29, 0.717) is 26.2 Å². The Hall–Kier alpha value is -1.60. The fourth-order valence-electron chi connectivity index (χ4n) is 2.75. The molecule has 0 saturated carbocycles. The standard InChI is InChI=1S/C16H26N4O2S/c1-13(21)19-7-5-8-20(10-9-19)16(22)17-12-14(18(2)3)15-6-4-11-23-15/h4,6,11,14H,5,7-10,12H2,1-3H3,(H,17,22). The first-order valence-electron chi connectivity index (χ1n) is 7.97. The van der Waals surface area contributed by atoms with Gasteiger partial charge in [-0.3, -0.25) is 4.79 Å². The van der Waals surface area contributed by atoms with E-state index in [9.17, 15) is 9.59 Å². The number of hydrogen-bond donors (Lipinski definition) is 1. The molecule has 1 saturated heterocycles. The average molecular weight is 338 g/mol. The van der Waals surface area contributed by atoms with Gasteiger partial charge in [-0.25, -0.2) is 4.79 Å². The van der Waals surface area contributed by atoms with Crippen LogP contribution in [-0.2, 0) is 4.79 Å². The van der Waals surface area contributed by atoms with Crippen LogP contribution in [0.1, 0.15) is 24.3 Å². The van der Waals surface area contributed by atoms with E-state index >= 15 is 0 Å². The van der Waals surface area contributed by atoms with Gasteiger partial charge in [0.1, 0.15) is 0 Å². The zero-order valence-electron chi connectivity index (χ0n) is 14.1. The van der Waals surface area contributed by atoms with Crippen molar-refractivity contribution >= 4 is 23.3 Å². The zero-order valence-corrected chi connectivity index (χ0v) is 14.9. The summed E-state index contributed by atoms with van der Waals surface area (Å²) < 4.78 is 0. The monoisotopic (exact) mass is 338 g/mol. The highest BCUT2D eigenvalue weighted by Crippen LogP contribution is 2.22. The van der Waals surface area contributed by atoms with Crippen LogP contribution in [0.3, 0.4) is 0 Å². The molecule has 6 nitrogen and oxygen atoms in total. The van der Waals surface area contributed by atoms with Crippen molar-refractivity contribution in [3.05, 3.63) is 22.4 Å². The molecule has 1 aromatic rings. The molecule has 1 aromatic heterocycles. The SMILES string of the molecule is CC(=O)N1CCCN(C(=O)NCC(c2cccs2)N(C)C)CC1. The van der Waals surface area contributed by atoms with Crippen LogP contribution in [0.25, 0.3) is 0 Å². The van der Waals surface area contributed by atoms with Crippen LogP contribution in [-0.4, -0.2) is 73.5 Å². The Morgan fingerprint density at radius 3 is 2.57 bits per heavy atom. The number of likely N-dealkylation sites (N-methyl/N-ethyl adjacent to an activating group) is 1. The third kappa shape index (κ3) is 4.94. The fraction of sp³-hybridized carbons (Fsp3) is 0.625. The van der Waals surface area contributed by atoms with E-state index in [1.807, 2.05) is 30.0 Å². The molecule has 23 heavy (non-hydrogen) atoms. The summed E-state index contributed by atoms with van der Waals surface area (Å²) in [5.74, 6) is 0.0811. The van der Waals surface area contributed by atoms with Gasteiger partial charge in [-0.1, -0.05) is 6.07 Å². The molecule has 1 aliphatic heterocycles. The van der Waals surface area contributed by atoms with Crippen LogP contribution in [0.5, 0.6) is 0 Å². The second-order valence-electron chi connectivity index (χ2n) is 6.03. The van der Waals surface area contributed by atoms with Gasteiger partial charge in [0.05, 0.1) is 6.04 Å². The molecule has 0 spiro atoms. The van der Waals surface area contributed by atoms with Gasteiger partial charge >= 0.3 is 6.03 Å². The summed E-state index contributed by atoms with van der Waals surface area (Å²) in [5.41, 5.74) is 0. The minimum absolute atomic E-state index is 0.0428. The van der Waals surface area contributed by atoms with Gasteiger partial charge < -0.3 is 20.0 Å². The fourth-order valence-corrected chi connectivity index (χ4v) is 3.67. The number of nitrogens with zero attached hydrogens (tertiary/aromatic N) is 3. The molecule has 1 atom stereocenters. The highest BCUT2D eigenvalue weighted by atomic mass is 32.1. The van der Waals surface area contributed by atoms with E-state index in [-0.39, 0.29) is 18.0 Å². The predicted molar refractivity (Wildman–Crippen MR) is 92.6 cm³/mol. The lowest BCUT2D eigenvalue weighted by atomic mass is 10.2. The van der Waals surface area contributed by atoms with Crippen molar-refractivity contribution in [3.63, 3.8) is 0 Å². The van der Waals surface area contributed by atoms with Crippen LogP contribution in [0, 0.1) is 0 Å². The molecule has 0 bridgehead atoms. The molecule has 1 unspecified atom stereocenters. The van der Waals surface area contributed by atoms with Gasteiger partial charge in [0.25, 0.3) is 0 Å². The zero-order chi connectivity index (χ0) is 16.8. The maximum Gasteiger partial charge on any atom is 0.317 e. The van der Waals surface area contributed by atoms with Gasteiger partial charge in [0.15, 0.2) is 0 Å². The number of rotatable bonds is 4. The Labute approximate surface area is 142 Å². The maximum atomic E-state index is 12.4. The summed E-state index contributed by atoms with van der Waals surface area (Å²) in [5, 5.41) is 5.10. The largest absolute Gasteiger partial charge is 0.341 e. The third-order valence-corrected chi connectivity index (χ3v) is 5.14. The van der Waals surface area contributed by atoms with Crippen LogP contribution in [0.15, 0.2) is 17.5 Å². The second-order valence-corrected chi connectivity index (χ2v) is 7.01. The Balaban J connectivity index is 1.87. The molecule has 128 valence electrons. The highest BCUT2D eigenvalue weighted by Gasteiger charge is 2.22. The molecule has 1 fully saturated rings. The Kier molecular flexibility index (Phi) is 6.41. The van der Waals surface area contributed by atoms with Gasteiger partial charge in [0.2, 0.25) is 5.91 Å². The molecule has 1 N–H and O–H groups in total. The number of carbonyl (C=O) groups excluding carboxylic acids is 2. The van der Waals surface area contributed by atoms with Crippen LogP contribution >= 0.6 is 11.3 Å². The normalized spacial score (nSPS) is 17.0. The number of thiophene rings is 1. The minimum Gasteiger partial charge on any atom is -0.341 e. The van der Waals surface area contributed by atoms with Crippen molar-refractivity contribution in [3.8, 4) is 0 Å². The quantitative estimate of drug-likeness (QED) is 0.907. The van der Waals surface area contributed by atoms with E-state index in [1.165, 1.54) is 4.88 Å². The minimum atomic E-state index is -0.0428.